The van der Waals surface area contributed by atoms with Crippen molar-refractivity contribution in [3.05, 3.63) is 58.9 Å². The van der Waals surface area contributed by atoms with E-state index in [-0.39, 0.29) is 5.82 Å². The number of rotatable bonds is 8. The van der Waals surface area contributed by atoms with Gasteiger partial charge in [-0.15, -0.1) is 10.2 Å². The van der Waals surface area contributed by atoms with Crippen molar-refractivity contribution in [1.29, 1.82) is 0 Å². The molecule has 0 N–H and O–H groups in total. The number of ether oxygens (including phenoxy) is 1. The first kappa shape index (κ1) is 19.7. The molecule has 0 spiro atoms. The van der Waals surface area contributed by atoms with Gasteiger partial charge in [-0.25, -0.2) is 4.39 Å². The minimum absolute atomic E-state index is 0.309. The van der Waals surface area contributed by atoms with Crippen molar-refractivity contribution in [3.63, 3.8) is 0 Å². The Morgan fingerprint density at radius 1 is 1.15 bits per heavy atom. The van der Waals surface area contributed by atoms with Gasteiger partial charge in [-0.2, -0.15) is 0 Å². The second-order valence-electron chi connectivity index (χ2n) is 6.08. The van der Waals surface area contributed by atoms with E-state index in [1.165, 1.54) is 17.8 Å². The molecule has 0 unspecified atom stereocenters. The minimum Gasteiger partial charge on any atom is -0.494 e. The normalized spacial score (nSPS) is 11.0. The Labute approximate surface area is 167 Å². The Balaban J connectivity index is 1.70. The lowest BCUT2D eigenvalue weighted by atomic mass is 10.2. The van der Waals surface area contributed by atoms with Gasteiger partial charge in [0.15, 0.2) is 11.0 Å². The fourth-order valence-electron chi connectivity index (χ4n) is 2.53. The second-order valence-corrected chi connectivity index (χ2v) is 7.43. The van der Waals surface area contributed by atoms with Crippen molar-refractivity contribution in [3.8, 4) is 17.1 Å². The van der Waals surface area contributed by atoms with Crippen LogP contribution in [0.5, 0.6) is 5.75 Å². The largest absolute Gasteiger partial charge is 0.494 e. The summed E-state index contributed by atoms with van der Waals surface area (Å²) < 4.78 is 21.5. The van der Waals surface area contributed by atoms with Crippen LogP contribution in [-0.4, -0.2) is 21.4 Å². The van der Waals surface area contributed by atoms with Gasteiger partial charge in [-0.1, -0.05) is 42.8 Å². The third-order valence-electron chi connectivity index (χ3n) is 4.12. The highest BCUT2D eigenvalue weighted by Gasteiger charge is 2.14. The Morgan fingerprint density at radius 3 is 2.63 bits per heavy atom. The molecule has 0 saturated carbocycles. The molecule has 3 aromatic rings. The fraction of sp³-hybridized carbons (Fsp3) is 0.300. The molecule has 3 rings (SSSR count). The highest BCUT2D eigenvalue weighted by Crippen LogP contribution is 2.29. The molecule has 0 bridgehead atoms. The minimum atomic E-state index is -0.309. The lowest BCUT2D eigenvalue weighted by Crippen LogP contribution is -1.97. The molecule has 4 nitrogen and oxygen atoms in total. The molecule has 0 saturated heterocycles. The Bertz CT molecular complexity index is 878. The van der Waals surface area contributed by atoms with Gasteiger partial charge in [-0.3, -0.25) is 0 Å². The molecule has 0 aliphatic carbocycles. The zero-order valence-corrected chi connectivity index (χ0v) is 16.9. The van der Waals surface area contributed by atoms with Crippen LogP contribution in [0.25, 0.3) is 11.4 Å². The van der Waals surface area contributed by atoms with Crippen LogP contribution in [0.15, 0.2) is 47.6 Å². The summed E-state index contributed by atoms with van der Waals surface area (Å²) in [6.45, 7) is 2.86. The predicted molar refractivity (Wildman–Crippen MR) is 108 cm³/mol. The first-order valence-corrected chi connectivity index (χ1v) is 10.1. The molecule has 0 atom stereocenters. The molecule has 0 aliphatic heterocycles. The smallest absolute Gasteiger partial charge is 0.191 e. The van der Waals surface area contributed by atoms with Gasteiger partial charge in [0.05, 0.1) is 6.61 Å². The van der Waals surface area contributed by atoms with Gasteiger partial charge < -0.3 is 9.30 Å². The van der Waals surface area contributed by atoms with E-state index in [9.17, 15) is 4.39 Å². The van der Waals surface area contributed by atoms with Gasteiger partial charge in [0, 0.05) is 29.0 Å². The summed E-state index contributed by atoms with van der Waals surface area (Å²) in [5, 5.41) is 9.62. The van der Waals surface area contributed by atoms with Crippen LogP contribution in [0, 0.1) is 5.82 Å². The Hall–Kier alpha value is -2.05. The van der Waals surface area contributed by atoms with Crippen LogP contribution in [0.4, 0.5) is 4.39 Å². The second kappa shape index (κ2) is 9.24. The number of nitrogens with zero attached hydrogens (tertiary/aromatic N) is 3. The summed E-state index contributed by atoms with van der Waals surface area (Å²) in [5.74, 6) is 1.67. The first-order valence-electron chi connectivity index (χ1n) is 8.78. The maximum atomic E-state index is 13.9. The maximum Gasteiger partial charge on any atom is 0.191 e. The molecule has 0 fully saturated rings. The number of halogens is 2. The SMILES string of the molecule is CCCCOc1ccc(-c2nnc(SCc3c(F)cccc3Cl)n2C)cc1. The van der Waals surface area contributed by atoms with E-state index in [1.54, 1.807) is 12.1 Å². The third kappa shape index (κ3) is 4.82. The zero-order chi connectivity index (χ0) is 19.2. The number of hydrogen-bond donors (Lipinski definition) is 0. The monoisotopic (exact) mass is 405 g/mol. The molecule has 2 aromatic carbocycles. The van der Waals surface area contributed by atoms with E-state index in [0.29, 0.717) is 21.5 Å². The van der Waals surface area contributed by atoms with E-state index in [1.807, 2.05) is 35.9 Å². The van der Waals surface area contributed by atoms with E-state index >= 15 is 0 Å². The molecular formula is C20H21ClFN3OS. The Kier molecular flexibility index (Phi) is 6.74. The van der Waals surface area contributed by atoms with Crippen molar-refractivity contribution in [2.24, 2.45) is 7.05 Å². The van der Waals surface area contributed by atoms with Crippen LogP contribution in [0.2, 0.25) is 5.02 Å². The molecule has 0 aliphatic rings. The van der Waals surface area contributed by atoms with Crippen molar-refractivity contribution in [1.82, 2.24) is 14.8 Å². The summed E-state index contributed by atoms with van der Waals surface area (Å²) in [6, 6.07) is 12.5. The van der Waals surface area contributed by atoms with Gasteiger partial charge in [0.2, 0.25) is 0 Å². The van der Waals surface area contributed by atoms with Crippen LogP contribution in [0.1, 0.15) is 25.3 Å². The van der Waals surface area contributed by atoms with E-state index in [4.69, 9.17) is 16.3 Å². The predicted octanol–water partition coefficient (Wildman–Crippen LogP) is 5.75. The van der Waals surface area contributed by atoms with Crippen LogP contribution < -0.4 is 4.74 Å². The first-order chi connectivity index (χ1) is 13.1. The van der Waals surface area contributed by atoms with Gasteiger partial charge in [0.25, 0.3) is 0 Å². The van der Waals surface area contributed by atoms with Crippen molar-refractivity contribution in [2.75, 3.05) is 6.61 Å². The summed E-state index contributed by atoms with van der Waals surface area (Å²) in [6.07, 6.45) is 2.15. The standard InChI is InChI=1S/C20H21ClFN3OS/c1-3-4-12-26-15-10-8-14(9-11-15)19-23-24-20(25(19)2)27-13-16-17(21)6-5-7-18(16)22/h5-11H,3-4,12-13H2,1-2H3. The fourth-order valence-corrected chi connectivity index (χ4v) is 3.79. The number of aromatic nitrogens is 3. The average Bonchev–Trinajstić information content (AvgIpc) is 3.03. The van der Waals surface area contributed by atoms with Crippen LogP contribution >= 0.6 is 23.4 Å². The molecular weight excluding hydrogens is 385 g/mol. The summed E-state index contributed by atoms with van der Waals surface area (Å²) >= 11 is 7.49. The third-order valence-corrected chi connectivity index (χ3v) is 5.52. The molecule has 1 heterocycles. The van der Waals surface area contributed by atoms with Crippen molar-refractivity contribution in [2.45, 2.75) is 30.7 Å². The van der Waals surface area contributed by atoms with Gasteiger partial charge in [0.1, 0.15) is 11.6 Å². The zero-order valence-electron chi connectivity index (χ0n) is 15.3. The maximum absolute atomic E-state index is 13.9. The number of thioether (sulfide) groups is 1. The molecule has 1 aromatic heterocycles. The van der Waals surface area contributed by atoms with Crippen molar-refractivity contribution < 1.29 is 9.13 Å². The van der Waals surface area contributed by atoms with E-state index < -0.39 is 0 Å². The number of hydrogen-bond acceptors (Lipinski definition) is 4. The number of benzene rings is 2. The van der Waals surface area contributed by atoms with E-state index in [0.717, 1.165) is 36.6 Å². The Morgan fingerprint density at radius 2 is 1.93 bits per heavy atom. The molecule has 27 heavy (non-hydrogen) atoms. The topological polar surface area (TPSA) is 39.9 Å². The molecule has 0 radical (unpaired) electrons. The molecule has 142 valence electrons. The molecule has 0 amide bonds. The lowest BCUT2D eigenvalue weighted by Gasteiger charge is -2.08. The van der Waals surface area contributed by atoms with Crippen molar-refractivity contribution >= 4 is 23.4 Å². The summed E-state index contributed by atoms with van der Waals surface area (Å²) in [4.78, 5) is 0. The molecule has 7 heteroatoms. The summed E-state index contributed by atoms with van der Waals surface area (Å²) in [5.41, 5.74) is 1.42. The highest BCUT2D eigenvalue weighted by atomic mass is 35.5. The van der Waals surface area contributed by atoms with Crippen LogP contribution in [0.3, 0.4) is 0 Å². The van der Waals surface area contributed by atoms with Gasteiger partial charge in [-0.05, 0) is 42.8 Å². The number of unbranched alkanes of at least 4 members (excludes halogenated alkanes) is 1. The van der Waals surface area contributed by atoms with Gasteiger partial charge >= 0.3 is 0 Å². The van der Waals surface area contributed by atoms with E-state index in [2.05, 4.69) is 17.1 Å². The lowest BCUT2D eigenvalue weighted by molar-refractivity contribution is 0.309. The average molecular weight is 406 g/mol. The quantitative estimate of drug-likeness (QED) is 0.353. The summed E-state index contributed by atoms with van der Waals surface area (Å²) in [7, 11) is 1.90. The highest BCUT2D eigenvalue weighted by molar-refractivity contribution is 7.98. The van der Waals surface area contributed by atoms with Crippen LogP contribution in [-0.2, 0) is 12.8 Å².